The van der Waals surface area contributed by atoms with Gasteiger partial charge in [0.1, 0.15) is 10.7 Å². The highest BCUT2D eigenvalue weighted by molar-refractivity contribution is 8.13. The number of hydrogen-bond acceptors (Lipinski definition) is 3. The first-order valence-electron chi connectivity index (χ1n) is 6.61. The molecule has 0 N–H and O–H groups in total. The topological polar surface area (TPSA) is 52.0 Å². The molecular formula is C14H16ClFN2O2S. The SMILES string of the molecule is CCc1nn(-c2ccc(F)cc2C)c(CC)c1S(=O)(=O)Cl. The van der Waals surface area contributed by atoms with Crippen LogP contribution in [0.15, 0.2) is 23.1 Å². The number of benzene rings is 1. The molecule has 0 radical (unpaired) electrons. The molecule has 0 spiro atoms. The van der Waals surface area contributed by atoms with E-state index in [1.165, 1.54) is 12.1 Å². The molecule has 0 aliphatic rings. The summed E-state index contributed by atoms with van der Waals surface area (Å²) in [5.74, 6) is -0.345. The first-order valence-corrected chi connectivity index (χ1v) is 8.92. The highest BCUT2D eigenvalue weighted by Crippen LogP contribution is 2.28. The molecule has 0 bridgehead atoms. The van der Waals surface area contributed by atoms with Crippen LogP contribution in [0.1, 0.15) is 30.8 Å². The van der Waals surface area contributed by atoms with Crippen molar-refractivity contribution in [3.05, 3.63) is 41.0 Å². The minimum Gasteiger partial charge on any atom is -0.236 e. The van der Waals surface area contributed by atoms with Crippen molar-refractivity contribution in [1.82, 2.24) is 9.78 Å². The van der Waals surface area contributed by atoms with Crippen LogP contribution in [0.5, 0.6) is 0 Å². The van der Waals surface area contributed by atoms with Crippen molar-refractivity contribution in [2.24, 2.45) is 0 Å². The summed E-state index contributed by atoms with van der Waals surface area (Å²) in [5.41, 5.74) is 2.25. The van der Waals surface area contributed by atoms with Gasteiger partial charge in [0.05, 0.1) is 17.1 Å². The van der Waals surface area contributed by atoms with Gasteiger partial charge in [-0.2, -0.15) is 5.10 Å². The fourth-order valence-corrected chi connectivity index (χ4v) is 3.88. The molecule has 0 fully saturated rings. The van der Waals surface area contributed by atoms with Crippen LogP contribution >= 0.6 is 10.7 Å². The number of halogens is 2. The summed E-state index contributed by atoms with van der Waals surface area (Å²) in [4.78, 5) is 0.0675. The zero-order valence-corrected chi connectivity index (χ0v) is 13.6. The fraction of sp³-hybridized carbons (Fsp3) is 0.357. The second-order valence-electron chi connectivity index (χ2n) is 4.71. The van der Waals surface area contributed by atoms with Gasteiger partial charge in [-0.25, -0.2) is 17.5 Å². The van der Waals surface area contributed by atoms with Gasteiger partial charge in [-0.15, -0.1) is 0 Å². The maximum absolute atomic E-state index is 13.2. The molecule has 0 aliphatic heterocycles. The fourth-order valence-electron chi connectivity index (χ4n) is 2.37. The average Bonchev–Trinajstić information content (AvgIpc) is 2.77. The molecular weight excluding hydrogens is 315 g/mol. The van der Waals surface area contributed by atoms with Crippen molar-refractivity contribution in [3.8, 4) is 5.69 Å². The van der Waals surface area contributed by atoms with Gasteiger partial charge in [-0.3, -0.25) is 0 Å². The summed E-state index contributed by atoms with van der Waals surface area (Å²) >= 11 is 0. The number of nitrogens with zero attached hydrogens (tertiary/aromatic N) is 2. The van der Waals surface area contributed by atoms with Crippen LogP contribution in [0, 0.1) is 12.7 Å². The number of aromatic nitrogens is 2. The van der Waals surface area contributed by atoms with Crippen LogP contribution in [-0.4, -0.2) is 18.2 Å². The minimum absolute atomic E-state index is 0.0675. The molecule has 4 nitrogen and oxygen atoms in total. The van der Waals surface area contributed by atoms with Crippen LogP contribution in [0.4, 0.5) is 4.39 Å². The lowest BCUT2D eigenvalue weighted by Gasteiger charge is -2.09. The molecule has 21 heavy (non-hydrogen) atoms. The van der Waals surface area contributed by atoms with Gasteiger partial charge in [0.25, 0.3) is 9.05 Å². The van der Waals surface area contributed by atoms with E-state index in [0.717, 1.165) is 0 Å². The standard InChI is InChI=1S/C14H16ClFN2O2S/c1-4-11-14(21(15,19)20)12(5-2)18(17-11)13-7-6-10(16)8-9(13)3/h6-8H,4-5H2,1-3H3. The molecule has 0 aliphatic carbocycles. The van der Waals surface area contributed by atoms with Gasteiger partial charge in [-0.05, 0) is 43.5 Å². The van der Waals surface area contributed by atoms with Crippen LogP contribution in [-0.2, 0) is 21.9 Å². The van der Waals surface area contributed by atoms with Crippen molar-refractivity contribution in [2.45, 2.75) is 38.5 Å². The molecule has 0 amide bonds. The number of rotatable bonds is 4. The van der Waals surface area contributed by atoms with E-state index in [0.29, 0.717) is 35.5 Å². The molecule has 1 aromatic carbocycles. The van der Waals surface area contributed by atoms with Gasteiger partial charge in [0.2, 0.25) is 0 Å². The highest BCUT2D eigenvalue weighted by atomic mass is 35.7. The average molecular weight is 331 g/mol. The Kier molecular flexibility index (Phi) is 4.39. The van der Waals surface area contributed by atoms with Crippen molar-refractivity contribution in [1.29, 1.82) is 0 Å². The molecule has 0 saturated heterocycles. The van der Waals surface area contributed by atoms with E-state index in [9.17, 15) is 12.8 Å². The molecule has 0 saturated carbocycles. The minimum atomic E-state index is -3.88. The zero-order chi connectivity index (χ0) is 15.8. The Morgan fingerprint density at radius 2 is 1.95 bits per heavy atom. The number of hydrogen-bond donors (Lipinski definition) is 0. The van der Waals surface area contributed by atoms with Crippen molar-refractivity contribution in [3.63, 3.8) is 0 Å². The Labute approximate surface area is 128 Å². The summed E-state index contributed by atoms with van der Waals surface area (Å²) in [7, 11) is 1.67. The molecule has 114 valence electrons. The van der Waals surface area contributed by atoms with E-state index in [1.807, 2.05) is 13.8 Å². The van der Waals surface area contributed by atoms with Crippen LogP contribution in [0.2, 0.25) is 0 Å². The van der Waals surface area contributed by atoms with E-state index in [1.54, 1.807) is 17.7 Å². The summed E-state index contributed by atoms with van der Waals surface area (Å²) in [6.07, 6.45) is 0.895. The van der Waals surface area contributed by atoms with E-state index >= 15 is 0 Å². The Bertz CT molecular complexity index is 785. The first kappa shape index (κ1) is 16.0. The maximum Gasteiger partial charge on any atom is 0.265 e. The number of aryl methyl sites for hydroxylation is 2. The largest absolute Gasteiger partial charge is 0.265 e. The molecule has 2 aromatic rings. The third-order valence-corrected chi connectivity index (χ3v) is 4.72. The summed E-state index contributed by atoms with van der Waals surface area (Å²) in [5, 5.41) is 4.36. The highest BCUT2D eigenvalue weighted by Gasteiger charge is 2.26. The second-order valence-corrected chi connectivity index (χ2v) is 7.21. The molecule has 1 aromatic heterocycles. The lowest BCUT2D eigenvalue weighted by Crippen LogP contribution is -2.05. The van der Waals surface area contributed by atoms with E-state index in [4.69, 9.17) is 10.7 Å². The van der Waals surface area contributed by atoms with Crippen molar-refractivity contribution < 1.29 is 12.8 Å². The van der Waals surface area contributed by atoms with E-state index in [-0.39, 0.29) is 10.7 Å². The maximum atomic E-state index is 13.2. The quantitative estimate of drug-likeness (QED) is 0.808. The Morgan fingerprint density at radius 1 is 1.29 bits per heavy atom. The van der Waals surface area contributed by atoms with Gasteiger partial charge < -0.3 is 0 Å². The first-order chi connectivity index (χ1) is 9.79. The molecule has 0 atom stereocenters. The lowest BCUT2D eigenvalue weighted by molar-refractivity contribution is 0.607. The van der Waals surface area contributed by atoms with Crippen molar-refractivity contribution in [2.75, 3.05) is 0 Å². The van der Waals surface area contributed by atoms with Gasteiger partial charge in [-0.1, -0.05) is 13.8 Å². The third-order valence-electron chi connectivity index (χ3n) is 3.30. The second kappa shape index (κ2) is 5.77. The predicted molar refractivity (Wildman–Crippen MR) is 80.1 cm³/mol. The summed E-state index contributed by atoms with van der Waals surface area (Å²) in [6, 6.07) is 4.29. The Hall–Kier alpha value is -1.40. The predicted octanol–water partition coefficient (Wildman–Crippen LogP) is 3.37. The molecule has 7 heteroatoms. The monoisotopic (exact) mass is 330 g/mol. The summed E-state index contributed by atoms with van der Waals surface area (Å²) < 4.78 is 38.4. The van der Waals surface area contributed by atoms with Gasteiger partial charge in [0, 0.05) is 10.7 Å². The van der Waals surface area contributed by atoms with Gasteiger partial charge in [0.15, 0.2) is 0 Å². The zero-order valence-electron chi connectivity index (χ0n) is 12.0. The molecule has 2 rings (SSSR count). The molecule has 0 unspecified atom stereocenters. The summed E-state index contributed by atoms with van der Waals surface area (Å²) in [6.45, 7) is 5.40. The smallest absolute Gasteiger partial charge is 0.236 e. The van der Waals surface area contributed by atoms with Gasteiger partial charge >= 0.3 is 0 Å². The Balaban J connectivity index is 2.79. The van der Waals surface area contributed by atoms with Crippen LogP contribution in [0.3, 0.4) is 0 Å². The molecule has 1 heterocycles. The van der Waals surface area contributed by atoms with E-state index in [2.05, 4.69) is 5.10 Å². The van der Waals surface area contributed by atoms with Crippen LogP contribution in [0.25, 0.3) is 5.69 Å². The van der Waals surface area contributed by atoms with E-state index < -0.39 is 9.05 Å². The van der Waals surface area contributed by atoms with Crippen LogP contribution < -0.4 is 0 Å². The lowest BCUT2D eigenvalue weighted by atomic mass is 10.2. The Morgan fingerprint density at radius 3 is 2.43 bits per heavy atom. The van der Waals surface area contributed by atoms with Crippen molar-refractivity contribution >= 4 is 19.7 Å². The third kappa shape index (κ3) is 2.96. The normalized spacial score (nSPS) is 11.9.